The Bertz CT molecular complexity index is 478. The van der Waals surface area contributed by atoms with Crippen LogP contribution in [0.15, 0.2) is 12.1 Å². The summed E-state index contributed by atoms with van der Waals surface area (Å²) in [6.45, 7) is 0.451. The third kappa shape index (κ3) is 2.95. The highest BCUT2D eigenvalue weighted by atomic mass is 19.1. The van der Waals surface area contributed by atoms with Gasteiger partial charge in [0.15, 0.2) is 0 Å². The van der Waals surface area contributed by atoms with Crippen molar-refractivity contribution in [2.24, 2.45) is 5.73 Å². The molecule has 2 N–H and O–H groups in total. The predicted molar refractivity (Wildman–Crippen MR) is 68.7 cm³/mol. The molecule has 6 heteroatoms. The van der Waals surface area contributed by atoms with E-state index in [2.05, 4.69) is 0 Å². The molecule has 1 aliphatic rings. The number of nitrogens with zero attached hydrogens (tertiary/aromatic N) is 1. The predicted octanol–water partition coefficient (Wildman–Crippen LogP) is 2.45. The van der Waals surface area contributed by atoms with Crippen LogP contribution in [0.2, 0.25) is 0 Å². The van der Waals surface area contributed by atoms with Gasteiger partial charge in [0.25, 0.3) is 5.91 Å². The van der Waals surface area contributed by atoms with Crippen LogP contribution in [0, 0.1) is 17.5 Å². The molecule has 1 aromatic carbocycles. The molecule has 0 unspecified atom stereocenters. The minimum absolute atomic E-state index is 0.0464. The summed E-state index contributed by atoms with van der Waals surface area (Å²) < 4.78 is 40.3. The molecule has 2 rings (SSSR count). The number of nitrogens with two attached hydrogens (primary N) is 1. The first-order valence-corrected chi connectivity index (χ1v) is 6.70. The lowest BCUT2D eigenvalue weighted by Crippen LogP contribution is -2.42. The van der Waals surface area contributed by atoms with Crippen molar-refractivity contribution in [2.45, 2.75) is 31.7 Å². The van der Waals surface area contributed by atoms with Crippen LogP contribution in [-0.2, 0) is 0 Å². The molecule has 0 aliphatic heterocycles. The van der Waals surface area contributed by atoms with E-state index in [1.54, 1.807) is 0 Å². The minimum Gasteiger partial charge on any atom is -0.334 e. The molecular weight excluding hydrogens is 269 g/mol. The standard InChI is InChI=1S/C14H17F3N2O/c15-9-7-11(16)13(12(17)8-9)14(20)19(6-5-18)10-3-1-2-4-10/h7-8,10H,1-6,18H2. The quantitative estimate of drug-likeness (QED) is 0.924. The summed E-state index contributed by atoms with van der Waals surface area (Å²) in [5.41, 5.74) is 4.77. The summed E-state index contributed by atoms with van der Waals surface area (Å²) in [5, 5.41) is 0. The highest BCUT2D eigenvalue weighted by Gasteiger charge is 2.30. The molecule has 1 aromatic rings. The van der Waals surface area contributed by atoms with Crippen molar-refractivity contribution in [1.82, 2.24) is 4.90 Å². The van der Waals surface area contributed by atoms with Crippen LogP contribution < -0.4 is 5.73 Å². The fraction of sp³-hybridized carbons (Fsp3) is 0.500. The molecule has 1 saturated carbocycles. The number of carbonyl (C=O) groups excluding carboxylic acids is 1. The molecule has 0 bridgehead atoms. The van der Waals surface area contributed by atoms with Gasteiger partial charge in [-0.1, -0.05) is 12.8 Å². The fourth-order valence-corrected chi connectivity index (χ4v) is 2.70. The maximum Gasteiger partial charge on any atom is 0.260 e. The molecule has 3 nitrogen and oxygen atoms in total. The number of rotatable bonds is 4. The van der Waals surface area contributed by atoms with Gasteiger partial charge in [0.2, 0.25) is 0 Å². The van der Waals surface area contributed by atoms with Gasteiger partial charge in [0.05, 0.1) is 0 Å². The molecule has 0 heterocycles. The lowest BCUT2D eigenvalue weighted by molar-refractivity contribution is 0.0678. The molecule has 0 aromatic heterocycles. The van der Waals surface area contributed by atoms with Crippen LogP contribution >= 0.6 is 0 Å². The second kappa shape index (κ2) is 6.26. The summed E-state index contributed by atoms with van der Waals surface area (Å²) in [7, 11) is 0. The van der Waals surface area contributed by atoms with Crippen LogP contribution in [0.3, 0.4) is 0 Å². The van der Waals surface area contributed by atoms with Gasteiger partial charge in [-0.2, -0.15) is 0 Å². The number of hydrogen-bond acceptors (Lipinski definition) is 2. The number of amides is 1. The van der Waals surface area contributed by atoms with E-state index in [-0.39, 0.29) is 19.1 Å². The Balaban J connectivity index is 2.31. The van der Waals surface area contributed by atoms with Crippen molar-refractivity contribution in [2.75, 3.05) is 13.1 Å². The van der Waals surface area contributed by atoms with E-state index in [1.807, 2.05) is 0 Å². The van der Waals surface area contributed by atoms with Crippen LogP contribution in [0.25, 0.3) is 0 Å². The number of halogens is 3. The van der Waals surface area contributed by atoms with Gasteiger partial charge in [-0.3, -0.25) is 4.79 Å². The van der Waals surface area contributed by atoms with E-state index in [4.69, 9.17) is 5.73 Å². The van der Waals surface area contributed by atoms with Crippen molar-refractivity contribution >= 4 is 5.91 Å². The first-order valence-electron chi connectivity index (χ1n) is 6.70. The maximum absolute atomic E-state index is 13.7. The smallest absolute Gasteiger partial charge is 0.260 e. The highest BCUT2D eigenvalue weighted by Crippen LogP contribution is 2.26. The van der Waals surface area contributed by atoms with Gasteiger partial charge in [0, 0.05) is 31.3 Å². The van der Waals surface area contributed by atoms with E-state index in [0.717, 1.165) is 25.7 Å². The lowest BCUT2D eigenvalue weighted by atomic mass is 10.1. The Morgan fingerprint density at radius 3 is 2.25 bits per heavy atom. The zero-order valence-corrected chi connectivity index (χ0v) is 11.0. The first kappa shape index (κ1) is 14.8. The van der Waals surface area contributed by atoms with Crippen molar-refractivity contribution in [3.63, 3.8) is 0 Å². The van der Waals surface area contributed by atoms with Gasteiger partial charge >= 0.3 is 0 Å². The third-order valence-corrected chi connectivity index (χ3v) is 3.62. The number of carbonyl (C=O) groups is 1. The second-order valence-electron chi connectivity index (χ2n) is 4.97. The van der Waals surface area contributed by atoms with E-state index in [0.29, 0.717) is 12.1 Å². The zero-order valence-electron chi connectivity index (χ0n) is 11.0. The van der Waals surface area contributed by atoms with Crippen molar-refractivity contribution in [3.05, 3.63) is 35.1 Å². The van der Waals surface area contributed by atoms with Gasteiger partial charge in [-0.05, 0) is 12.8 Å². The average Bonchev–Trinajstić information content (AvgIpc) is 2.87. The van der Waals surface area contributed by atoms with Crippen LogP contribution in [0.4, 0.5) is 13.2 Å². The normalized spacial score (nSPS) is 15.6. The van der Waals surface area contributed by atoms with Gasteiger partial charge in [-0.25, -0.2) is 13.2 Å². The Morgan fingerprint density at radius 1 is 1.20 bits per heavy atom. The first-order chi connectivity index (χ1) is 9.54. The minimum atomic E-state index is -1.17. The zero-order chi connectivity index (χ0) is 14.7. The fourth-order valence-electron chi connectivity index (χ4n) is 2.70. The van der Waals surface area contributed by atoms with E-state index < -0.39 is 28.9 Å². The van der Waals surface area contributed by atoms with E-state index in [1.165, 1.54) is 4.90 Å². The topological polar surface area (TPSA) is 46.3 Å². The molecule has 20 heavy (non-hydrogen) atoms. The lowest BCUT2D eigenvalue weighted by Gasteiger charge is -2.29. The maximum atomic E-state index is 13.7. The summed E-state index contributed by atoms with van der Waals surface area (Å²) >= 11 is 0. The summed E-state index contributed by atoms with van der Waals surface area (Å²) in [5.74, 6) is -4.14. The van der Waals surface area contributed by atoms with E-state index >= 15 is 0 Å². The molecule has 0 spiro atoms. The number of hydrogen-bond donors (Lipinski definition) is 1. The highest BCUT2D eigenvalue weighted by molar-refractivity contribution is 5.95. The van der Waals surface area contributed by atoms with Gasteiger partial charge in [0.1, 0.15) is 23.0 Å². The van der Waals surface area contributed by atoms with Crippen molar-refractivity contribution in [1.29, 1.82) is 0 Å². The van der Waals surface area contributed by atoms with Crippen LogP contribution in [0.1, 0.15) is 36.0 Å². The summed E-state index contributed by atoms with van der Waals surface area (Å²) in [4.78, 5) is 13.8. The summed E-state index contributed by atoms with van der Waals surface area (Å²) in [6.07, 6.45) is 3.56. The molecule has 110 valence electrons. The molecule has 0 atom stereocenters. The Kier molecular flexibility index (Phi) is 4.65. The molecule has 0 saturated heterocycles. The monoisotopic (exact) mass is 286 g/mol. The van der Waals surface area contributed by atoms with Crippen LogP contribution in [-0.4, -0.2) is 29.9 Å². The van der Waals surface area contributed by atoms with Crippen molar-refractivity contribution < 1.29 is 18.0 Å². The van der Waals surface area contributed by atoms with Gasteiger partial charge in [-0.15, -0.1) is 0 Å². The van der Waals surface area contributed by atoms with E-state index in [9.17, 15) is 18.0 Å². The molecule has 1 amide bonds. The summed E-state index contributed by atoms with van der Waals surface area (Å²) in [6, 6.07) is 0.992. The molecule has 1 fully saturated rings. The molecule has 1 aliphatic carbocycles. The second-order valence-corrected chi connectivity index (χ2v) is 4.97. The van der Waals surface area contributed by atoms with Gasteiger partial charge < -0.3 is 10.6 Å². The van der Waals surface area contributed by atoms with Crippen LogP contribution in [0.5, 0.6) is 0 Å². The molecule has 0 radical (unpaired) electrons. The number of benzene rings is 1. The average molecular weight is 286 g/mol. The Labute approximate surface area is 115 Å². The SMILES string of the molecule is NCCN(C(=O)c1c(F)cc(F)cc1F)C1CCCC1. The molecular formula is C14H17F3N2O. The van der Waals surface area contributed by atoms with Crippen molar-refractivity contribution in [3.8, 4) is 0 Å². The Hall–Kier alpha value is -1.56. The largest absolute Gasteiger partial charge is 0.334 e. The Morgan fingerprint density at radius 2 is 1.75 bits per heavy atom. The third-order valence-electron chi connectivity index (χ3n) is 3.62.